The van der Waals surface area contributed by atoms with Crippen LogP contribution in [0.25, 0.3) is 22.3 Å². The van der Waals surface area contributed by atoms with Gasteiger partial charge in [0.1, 0.15) is 5.82 Å². The molecule has 0 saturated carbocycles. The third kappa shape index (κ3) is 2.05. The average Bonchev–Trinajstić information content (AvgIpc) is 2.60. The van der Waals surface area contributed by atoms with E-state index in [1.807, 2.05) is 37.3 Å². The molecule has 1 aliphatic rings. The van der Waals surface area contributed by atoms with E-state index in [-0.39, 0.29) is 17.6 Å². The first-order valence-corrected chi connectivity index (χ1v) is 7.83. The summed E-state index contributed by atoms with van der Waals surface area (Å²) in [6, 6.07) is 12.8. The Hall–Kier alpha value is -2.95. The van der Waals surface area contributed by atoms with Crippen LogP contribution in [0.1, 0.15) is 28.9 Å². The number of rotatable bonds is 1. The second-order valence-corrected chi connectivity index (χ2v) is 6.04. The van der Waals surface area contributed by atoms with Crippen LogP contribution in [0.15, 0.2) is 47.3 Å². The van der Waals surface area contributed by atoms with Crippen LogP contribution in [0.5, 0.6) is 0 Å². The van der Waals surface area contributed by atoms with Gasteiger partial charge in [-0.1, -0.05) is 18.2 Å². The number of carbonyl (C=O) groups is 1. The van der Waals surface area contributed by atoms with Crippen LogP contribution in [0.2, 0.25) is 0 Å². The van der Waals surface area contributed by atoms with E-state index in [9.17, 15) is 9.59 Å². The third-order valence-corrected chi connectivity index (χ3v) is 4.53. The SMILES string of the molecule is COC(=O)c1ccc2c(c1)CC(C)n1c-2nc2ccccc2c1=O. The van der Waals surface area contributed by atoms with E-state index in [1.54, 1.807) is 16.7 Å². The summed E-state index contributed by atoms with van der Waals surface area (Å²) < 4.78 is 6.54. The zero-order valence-electron chi connectivity index (χ0n) is 13.4. The molecule has 120 valence electrons. The van der Waals surface area contributed by atoms with Crippen LogP contribution in [-0.2, 0) is 11.2 Å². The van der Waals surface area contributed by atoms with Crippen molar-refractivity contribution in [1.29, 1.82) is 0 Å². The van der Waals surface area contributed by atoms with Crippen LogP contribution < -0.4 is 5.56 Å². The highest BCUT2D eigenvalue weighted by molar-refractivity contribution is 5.90. The fourth-order valence-electron chi connectivity index (χ4n) is 3.38. The molecule has 0 spiro atoms. The van der Waals surface area contributed by atoms with Crippen molar-refractivity contribution >= 4 is 16.9 Å². The molecule has 5 heteroatoms. The summed E-state index contributed by atoms with van der Waals surface area (Å²) in [6.07, 6.45) is 0.674. The van der Waals surface area contributed by atoms with Crippen molar-refractivity contribution in [3.63, 3.8) is 0 Å². The lowest BCUT2D eigenvalue weighted by molar-refractivity contribution is 0.0600. The van der Waals surface area contributed by atoms with Gasteiger partial charge in [-0.3, -0.25) is 9.36 Å². The van der Waals surface area contributed by atoms with Gasteiger partial charge in [0.2, 0.25) is 0 Å². The number of carbonyl (C=O) groups excluding carboxylic acids is 1. The minimum Gasteiger partial charge on any atom is -0.465 e. The highest BCUT2D eigenvalue weighted by Crippen LogP contribution is 2.33. The number of esters is 1. The predicted molar refractivity (Wildman–Crippen MR) is 91.2 cm³/mol. The molecule has 0 aliphatic carbocycles. The number of ether oxygens (including phenoxy) is 1. The van der Waals surface area contributed by atoms with Gasteiger partial charge >= 0.3 is 5.97 Å². The lowest BCUT2D eigenvalue weighted by Crippen LogP contribution is -2.30. The molecule has 0 amide bonds. The Bertz CT molecular complexity index is 1040. The van der Waals surface area contributed by atoms with Crippen molar-refractivity contribution in [2.45, 2.75) is 19.4 Å². The number of nitrogens with zero attached hydrogens (tertiary/aromatic N) is 2. The number of para-hydroxylation sites is 1. The lowest BCUT2D eigenvalue weighted by atomic mass is 9.93. The maximum absolute atomic E-state index is 12.9. The Morgan fingerprint density at radius 2 is 2.04 bits per heavy atom. The second-order valence-electron chi connectivity index (χ2n) is 6.04. The molecule has 2 aromatic carbocycles. The van der Waals surface area contributed by atoms with Crippen LogP contribution in [0.3, 0.4) is 0 Å². The standard InChI is InChI=1S/C19H16N2O3/c1-11-9-13-10-12(19(23)24-2)7-8-14(13)17-20-16-6-4-3-5-15(16)18(22)21(11)17/h3-8,10-11H,9H2,1-2H3. The molecule has 24 heavy (non-hydrogen) atoms. The summed E-state index contributed by atoms with van der Waals surface area (Å²) in [5.41, 5.74) is 3.08. The van der Waals surface area contributed by atoms with Gasteiger partial charge in [-0.2, -0.15) is 0 Å². The minimum atomic E-state index is -0.361. The molecule has 5 nitrogen and oxygen atoms in total. The van der Waals surface area contributed by atoms with Gasteiger partial charge in [0, 0.05) is 11.6 Å². The zero-order valence-corrected chi connectivity index (χ0v) is 13.4. The summed E-state index contributed by atoms with van der Waals surface area (Å²) in [7, 11) is 1.37. The highest BCUT2D eigenvalue weighted by atomic mass is 16.5. The van der Waals surface area contributed by atoms with Crippen LogP contribution >= 0.6 is 0 Å². The van der Waals surface area contributed by atoms with E-state index < -0.39 is 0 Å². The van der Waals surface area contributed by atoms with Gasteiger partial charge in [0.15, 0.2) is 0 Å². The average molecular weight is 320 g/mol. The van der Waals surface area contributed by atoms with Crippen LogP contribution in [0.4, 0.5) is 0 Å². The van der Waals surface area contributed by atoms with Crippen molar-refractivity contribution in [1.82, 2.24) is 9.55 Å². The van der Waals surface area contributed by atoms with Crippen molar-refractivity contribution in [2.24, 2.45) is 0 Å². The largest absolute Gasteiger partial charge is 0.465 e. The number of benzene rings is 2. The third-order valence-electron chi connectivity index (χ3n) is 4.53. The van der Waals surface area contributed by atoms with Crippen molar-refractivity contribution in [3.05, 3.63) is 63.9 Å². The molecule has 2 heterocycles. The summed E-state index contributed by atoms with van der Waals surface area (Å²) in [4.78, 5) is 29.3. The molecule has 4 rings (SSSR count). The number of methoxy groups -OCH3 is 1. The number of hydrogen-bond donors (Lipinski definition) is 0. The summed E-state index contributed by atoms with van der Waals surface area (Å²) in [6.45, 7) is 2.00. The first-order valence-electron chi connectivity index (χ1n) is 7.83. The van der Waals surface area contributed by atoms with E-state index in [2.05, 4.69) is 0 Å². The van der Waals surface area contributed by atoms with Crippen LogP contribution in [0, 0.1) is 0 Å². The molecule has 1 aliphatic heterocycles. The van der Waals surface area contributed by atoms with E-state index in [1.165, 1.54) is 7.11 Å². The van der Waals surface area contributed by atoms with E-state index in [0.717, 1.165) is 11.1 Å². The maximum Gasteiger partial charge on any atom is 0.337 e. The van der Waals surface area contributed by atoms with E-state index >= 15 is 0 Å². The Labute approximate surface area is 138 Å². The zero-order chi connectivity index (χ0) is 16.8. The van der Waals surface area contributed by atoms with Gasteiger partial charge in [0.25, 0.3) is 5.56 Å². The molecule has 0 saturated heterocycles. The Morgan fingerprint density at radius 3 is 2.83 bits per heavy atom. The molecular formula is C19H16N2O3. The smallest absolute Gasteiger partial charge is 0.337 e. The van der Waals surface area contributed by atoms with E-state index in [0.29, 0.717) is 28.7 Å². The molecule has 0 bridgehead atoms. The molecule has 1 aromatic heterocycles. The monoisotopic (exact) mass is 320 g/mol. The fourth-order valence-corrected chi connectivity index (χ4v) is 3.38. The highest BCUT2D eigenvalue weighted by Gasteiger charge is 2.25. The van der Waals surface area contributed by atoms with Gasteiger partial charge in [-0.05, 0) is 43.2 Å². The predicted octanol–water partition coefficient (Wildman–Crippen LogP) is 2.97. The van der Waals surface area contributed by atoms with Gasteiger partial charge in [-0.15, -0.1) is 0 Å². The molecule has 0 fully saturated rings. The van der Waals surface area contributed by atoms with Gasteiger partial charge in [0.05, 0.1) is 23.6 Å². The number of aromatic nitrogens is 2. The Balaban J connectivity index is 2.00. The Morgan fingerprint density at radius 1 is 1.25 bits per heavy atom. The van der Waals surface area contributed by atoms with Crippen molar-refractivity contribution in [2.75, 3.05) is 7.11 Å². The first kappa shape index (κ1) is 14.6. The normalized spacial score (nSPS) is 15.7. The number of hydrogen-bond acceptors (Lipinski definition) is 4. The molecule has 0 radical (unpaired) electrons. The maximum atomic E-state index is 12.9. The molecule has 3 aromatic rings. The molecular weight excluding hydrogens is 304 g/mol. The van der Waals surface area contributed by atoms with Gasteiger partial charge < -0.3 is 4.74 Å². The second kappa shape index (κ2) is 5.30. The van der Waals surface area contributed by atoms with E-state index in [4.69, 9.17) is 9.72 Å². The molecule has 1 unspecified atom stereocenters. The minimum absolute atomic E-state index is 0.0224. The fraction of sp³-hybridized carbons (Fsp3) is 0.211. The Kier molecular flexibility index (Phi) is 3.23. The van der Waals surface area contributed by atoms with Gasteiger partial charge in [-0.25, -0.2) is 9.78 Å². The lowest BCUT2D eigenvalue weighted by Gasteiger charge is -2.27. The molecule has 1 atom stereocenters. The van der Waals surface area contributed by atoms with Crippen LogP contribution in [-0.4, -0.2) is 22.6 Å². The first-order chi connectivity index (χ1) is 11.6. The van der Waals surface area contributed by atoms with Crippen molar-refractivity contribution in [3.8, 4) is 11.4 Å². The summed E-state index contributed by atoms with van der Waals surface area (Å²) in [5.74, 6) is 0.295. The summed E-state index contributed by atoms with van der Waals surface area (Å²) in [5, 5.41) is 0.628. The quantitative estimate of drug-likeness (QED) is 0.647. The number of fused-ring (bicyclic) bond motifs is 4. The van der Waals surface area contributed by atoms with Crippen molar-refractivity contribution < 1.29 is 9.53 Å². The molecule has 0 N–H and O–H groups in total. The summed E-state index contributed by atoms with van der Waals surface area (Å²) >= 11 is 0. The topological polar surface area (TPSA) is 61.2 Å².